The van der Waals surface area contributed by atoms with Gasteiger partial charge in [-0.05, 0) is 82.8 Å². The van der Waals surface area contributed by atoms with E-state index in [1.54, 1.807) is 4.90 Å². The van der Waals surface area contributed by atoms with Crippen molar-refractivity contribution >= 4 is 12.2 Å². The average molecular weight is 415 g/mol. The Hall–Kier alpha value is -2.24. The maximum atomic E-state index is 12.1. The molecule has 3 saturated carbocycles. The topological polar surface area (TPSA) is 78.9 Å². The third-order valence-corrected chi connectivity index (χ3v) is 6.56. The number of alkyl carbamates (subject to hydrolysis) is 1. The molecule has 1 aromatic rings. The van der Waals surface area contributed by atoms with Crippen LogP contribution in [0.2, 0.25) is 0 Å². The van der Waals surface area contributed by atoms with E-state index in [0.717, 1.165) is 38.0 Å². The number of hydrogen-bond donors (Lipinski definition) is 2. The molecule has 1 aromatic carbocycles. The predicted molar refractivity (Wildman–Crippen MR) is 115 cm³/mol. The quantitative estimate of drug-likeness (QED) is 0.691. The zero-order valence-corrected chi connectivity index (χ0v) is 18.3. The number of benzene rings is 1. The zero-order valence-electron chi connectivity index (χ0n) is 18.3. The van der Waals surface area contributed by atoms with Crippen LogP contribution in [0.4, 0.5) is 9.59 Å². The van der Waals surface area contributed by atoms with Gasteiger partial charge in [-0.15, -0.1) is 0 Å². The molecule has 0 aromatic heterocycles. The standard InChI is InChI=1S/C24H34N2O4/c1-24(2,3)30-22(27)25-18-10-12-19(13-11-18)26(23(28)29)21-14-20(21)17-8-6-16(7-9-17)15-4-5-15/h6-9,15,18-21H,4-5,10-14H2,1-3H3,(H,25,27)(H,28,29)/t18?,19?,20-,21+/m0/s1. The van der Waals surface area contributed by atoms with Gasteiger partial charge < -0.3 is 20.1 Å². The molecule has 0 bridgehead atoms. The molecule has 164 valence electrons. The third kappa shape index (κ3) is 5.08. The summed E-state index contributed by atoms with van der Waals surface area (Å²) in [5.41, 5.74) is 2.16. The lowest BCUT2D eigenvalue weighted by molar-refractivity contribution is 0.0471. The van der Waals surface area contributed by atoms with E-state index in [1.807, 2.05) is 20.8 Å². The monoisotopic (exact) mass is 414 g/mol. The van der Waals surface area contributed by atoms with Gasteiger partial charge in [-0.25, -0.2) is 9.59 Å². The molecule has 3 fully saturated rings. The van der Waals surface area contributed by atoms with E-state index in [1.165, 1.54) is 24.0 Å². The molecule has 3 aliphatic rings. The second-order valence-corrected chi connectivity index (χ2v) is 10.2. The van der Waals surface area contributed by atoms with Crippen LogP contribution in [-0.4, -0.2) is 45.9 Å². The predicted octanol–water partition coefficient (Wildman–Crippen LogP) is 5.24. The van der Waals surface area contributed by atoms with E-state index < -0.39 is 17.8 Å². The van der Waals surface area contributed by atoms with Crippen molar-refractivity contribution in [1.82, 2.24) is 10.2 Å². The number of amides is 2. The number of rotatable bonds is 5. The third-order valence-electron chi connectivity index (χ3n) is 6.56. The van der Waals surface area contributed by atoms with Gasteiger partial charge >= 0.3 is 12.2 Å². The van der Waals surface area contributed by atoms with Crippen LogP contribution in [0.15, 0.2) is 24.3 Å². The fraction of sp³-hybridized carbons (Fsp3) is 0.667. The number of carbonyl (C=O) groups is 2. The molecule has 0 radical (unpaired) electrons. The number of carbonyl (C=O) groups excluding carboxylic acids is 1. The molecular weight excluding hydrogens is 380 g/mol. The number of hydrogen-bond acceptors (Lipinski definition) is 3. The van der Waals surface area contributed by atoms with Gasteiger partial charge in [0, 0.05) is 24.0 Å². The zero-order chi connectivity index (χ0) is 21.5. The average Bonchev–Trinajstić information content (AvgIpc) is 3.56. The molecule has 4 rings (SSSR count). The van der Waals surface area contributed by atoms with Crippen molar-refractivity contribution in [3.63, 3.8) is 0 Å². The highest BCUT2D eigenvalue weighted by molar-refractivity contribution is 5.68. The Kier molecular flexibility index (Phi) is 5.69. The molecule has 0 aliphatic heterocycles. The van der Waals surface area contributed by atoms with Crippen molar-refractivity contribution in [3.05, 3.63) is 35.4 Å². The Bertz CT molecular complexity index is 773. The van der Waals surface area contributed by atoms with Crippen LogP contribution in [0.25, 0.3) is 0 Å². The molecule has 6 nitrogen and oxygen atoms in total. The minimum atomic E-state index is -0.819. The van der Waals surface area contributed by atoms with Gasteiger partial charge in [0.25, 0.3) is 0 Å². The number of ether oxygens (including phenoxy) is 1. The fourth-order valence-electron chi connectivity index (χ4n) is 4.82. The molecule has 2 amide bonds. The SMILES string of the molecule is CC(C)(C)OC(=O)NC1CCC(N(C(=O)O)[C@@H]2C[C@H]2c2ccc(C3CC3)cc2)CC1. The summed E-state index contributed by atoms with van der Waals surface area (Å²) in [4.78, 5) is 25.8. The summed E-state index contributed by atoms with van der Waals surface area (Å²) in [5.74, 6) is 1.06. The molecule has 30 heavy (non-hydrogen) atoms. The summed E-state index contributed by atoms with van der Waals surface area (Å²) in [7, 11) is 0. The lowest BCUT2D eigenvalue weighted by atomic mass is 9.90. The van der Waals surface area contributed by atoms with Gasteiger partial charge in [0.05, 0.1) is 0 Å². The highest BCUT2D eigenvalue weighted by Gasteiger charge is 2.48. The van der Waals surface area contributed by atoms with Crippen molar-refractivity contribution in [2.45, 2.75) is 101 Å². The van der Waals surface area contributed by atoms with Gasteiger partial charge in [-0.2, -0.15) is 0 Å². The van der Waals surface area contributed by atoms with E-state index in [-0.39, 0.29) is 18.1 Å². The highest BCUT2D eigenvalue weighted by Crippen LogP contribution is 2.48. The van der Waals surface area contributed by atoms with Crippen LogP contribution < -0.4 is 5.32 Å². The van der Waals surface area contributed by atoms with Crippen LogP contribution in [0.1, 0.15) is 88.7 Å². The summed E-state index contributed by atoms with van der Waals surface area (Å²) in [6.45, 7) is 5.54. The maximum absolute atomic E-state index is 12.1. The molecule has 2 atom stereocenters. The van der Waals surface area contributed by atoms with Crippen LogP contribution in [0, 0.1) is 0 Å². The largest absolute Gasteiger partial charge is 0.465 e. The molecule has 0 unspecified atom stereocenters. The second-order valence-electron chi connectivity index (χ2n) is 10.2. The summed E-state index contributed by atoms with van der Waals surface area (Å²) in [5, 5.41) is 12.8. The summed E-state index contributed by atoms with van der Waals surface area (Å²) in [6.07, 6.45) is 5.40. The van der Waals surface area contributed by atoms with E-state index in [9.17, 15) is 14.7 Å². The van der Waals surface area contributed by atoms with Crippen LogP contribution in [-0.2, 0) is 4.74 Å². The highest BCUT2D eigenvalue weighted by atomic mass is 16.6. The van der Waals surface area contributed by atoms with Crippen molar-refractivity contribution in [3.8, 4) is 0 Å². The van der Waals surface area contributed by atoms with Gasteiger partial charge in [0.2, 0.25) is 0 Å². The van der Waals surface area contributed by atoms with Crippen molar-refractivity contribution < 1.29 is 19.4 Å². The Labute approximate surface area is 179 Å². The van der Waals surface area contributed by atoms with Crippen LogP contribution in [0.5, 0.6) is 0 Å². The van der Waals surface area contributed by atoms with Gasteiger partial charge in [0.15, 0.2) is 0 Å². The van der Waals surface area contributed by atoms with E-state index in [2.05, 4.69) is 29.6 Å². The van der Waals surface area contributed by atoms with E-state index in [4.69, 9.17) is 4.74 Å². The summed E-state index contributed by atoms with van der Waals surface area (Å²) in [6, 6.07) is 8.99. The molecule has 6 heteroatoms. The van der Waals surface area contributed by atoms with Crippen molar-refractivity contribution in [2.75, 3.05) is 0 Å². The first-order valence-electron chi connectivity index (χ1n) is 11.3. The summed E-state index contributed by atoms with van der Waals surface area (Å²) < 4.78 is 5.34. The maximum Gasteiger partial charge on any atom is 0.407 e. The molecule has 2 N–H and O–H groups in total. The van der Waals surface area contributed by atoms with Crippen molar-refractivity contribution in [1.29, 1.82) is 0 Å². The first-order valence-corrected chi connectivity index (χ1v) is 11.3. The first-order chi connectivity index (χ1) is 14.2. The molecule has 0 heterocycles. The van der Waals surface area contributed by atoms with Gasteiger partial charge in [0.1, 0.15) is 5.60 Å². The van der Waals surface area contributed by atoms with Crippen molar-refractivity contribution in [2.24, 2.45) is 0 Å². The lowest BCUT2D eigenvalue weighted by Gasteiger charge is -2.36. The number of nitrogens with one attached hydrogen (secondary N) is 1. The number of carboxylic acid groups (broad SMARTS) is 1. The lowest BCUT2D eigenvalue weighted by Crippen LogP contribution is -2.47. The molecule has 0 saturated heterocycles. The Morgan fingerprint density at radius 2 is 1.60 bits per heavy atom. The molecule has 0 spiro atoms. The van der Waals surface area contributed by atoms with Crippen LogP contribution in [0.3, 0.4) is 0 Å². The molecular formula is C24H34N2O4. The minimum absolute atomic E-state index is 0.0277. The molecule has 3 aliphatic carbocycles. The van der Waals surface area contributed by atoms with Gasteiger partial charge in [-0.3, -0.25) is 0 Å². The smallest absolute Gasteiger partial charge is 0.407 e. The van der Waals surface area contributed by atoms with Crippen LogP contribution >= 0.6 is 0 Å². The Morgan fingerprint density at radius 3 is 2.13 bits per heavy atom. The fourth-order valence-corrected chi connectivity index (χ4v) is 4.82. The van der Waals surface area contributed by atoms with E-state index in [0.29, 0.717) is 5.92 Å². The number of nitrogens with zero attached hydrogens (tertiary/aromatic N) is 1. The Balaban J connectivity index is 1.30. The van der Waals surface area contributed by atoms with E-state index >= 15 is 0 Å². The normalized spacial score (nSPS) is 28.5. The first kappa shape index (κ1) is 21.0. The van der Waals surface area contributed by atoms with Gasteiger partial charge in [-0.1, -0.05) is 24.3 Å². The second kappa shape index (κ2) is 8.12. The summed E-state index contributed by atoms with van der Waals surface area (Å²) >= 11 is 0. The Morgan fingerprint density at radius 1 is 1.00 bits per heavy atom. The minimum Gasteiger partial charge on any atom is -0.465 e.